The molecule has 0 amide bonds. The van der Waals surface area contributed by atoms with Crippen LogP contribution in [0.25, 0.3) is 11.0 Å². The number of para-hydroxylation sites is 2. The van der Waals surface area contributed by atoms with Gasteiger partial charge < -0.3 is 4.57 Å². The number of fused-ring (bicyclic) bond motifs is 1. The molecule has 2 aromatic carbocycles. The van der Waals surface area contributed by atoms with Crippen LogP contribution in [0.2, 0.25) is 0 Å². The van der Waals surface area contributed by atoms with Crippen LogP contribution in [-0.4, -0.2) is 9.55 Å². The lowest BCUT2D eigenvalue weighted by Crippen LogP contribution is -2.04. The number of benzene rings is 2. The third kappa shape index (κ3) is 2.26. The summed E-state index contributed by atoms with van der Waals surface area (Å²) in [6.45, 7) is 5.17. The number of imidazole rings is 1. The molecule has 0 bridgehead atoms. The van der Waals surface area contributed by atoms with Crippen molar-refractivity contribution in [2.75, 3.05) is 0 Å². The smallest absolute Gasteiger partial charge is 0.109 e. The SMILES string of the molecule is CCc1nc2ccccc2n1Cc1ccc(C)cc1. The van der Waals surface area contributed by atoms with Crippen molar-refractivity contribution in [1.82, 2.24) is 9.55 Å². The molecule has 0 unspecified atom stereocenters. The Hall–Kier alpha value is -2.09. The van der Waals surface area contributed by atoms with Gasteiger partial charge in [-0.15, -0.1) is 0 Å². The first-order chi connectivity index (χ1) is 9.28. The summed E-state index contributed by atoms with van der Waals surface area (Å²) in [6, 6.07) is 17.1. The van der Waals surface area contributed by atoms with Crippen LogP contribution in [0.4, 0.5) is 0 Å². The van der Waals surface area contributed by atoms with Gasteiger partial charge in [0.1, 0.15) is 5.82 Å². The predicted octanol–water partition coefficient (Wildman–Crippen LogP) is 3.96. The van der Waals surface area contributed by atoms with Crippen molar-refractivity contribution in [3.05, 3.63) is 65.5 Å². The van der Waals surface area contributed by atoms with Crippen molar-refractivity contribution in [2.45, 2.75) is 26.8 Å². The normalized spacial score (nSPS) is 11.1. The molecule has 0 saturated carbocycles. The Labute approximate surface area is 113 Å². The molecule has 0 saturated heterocycles. The zero-order valence-corrected chi connectivity index (χ0v) is 11.4. The van der Waals surface area contributed by atoms with Crippen LogP contribution in [-0.2, 0) is 13.0 Å². The van der Waals surface area contributed by atoms with Crippen molar-refractivity contribution < 1.29 is 0 Å². The first-order valence-corrected chi connectivity index (χ1v) is 6.77. The van der Waals surface area contributed by atoms with E-state index in [0.717, 1.165) is 24.3 Å². The maximum absolute atomic E-state index is 4.71. The molecule has 0 fully saturated rings. The van der Waals surface area contributed by atoms with Gasteiger partial charge in [0, 0.05) is 13.0 Å². The maximum Gasteiger partial charge on any atom is 0.109 e. The molecule has 2 nitrogen and oxygen atoms in total. The van der Waals surface area contributed by atoms with Gasteiger partial charge in [-0.05, 0) is 24.6 Å². The summed E-state index contributed by atoms with van der Waals surface area (Å²) in [5.74, 6) is 1.15. The zero-order valence-electron chi connectivity index (χ0n) is 11.4. The van der Waals surface area contributed by atoms with Crippen molar-refractivity contribution in [2.24, 2.45) is 0 Å². The fraction of sp³-hybridized carbons (Fsp3) is 0.235. The predicted molar refractivity (Wildman–Crippen MR) is 79.4 cm³/mol. The minimum Gasteiger partial charge on any atom is -0.323 e. The quantitative estimate of drug-likeness (QED) is 0.688. The first-order valence-electron chi connectivity index (χ1n) is 6.77. The number of aryl methyl sites for hydroxylation is 2. The van der Waals surface area contributed by atoms with Gasteiger partial charge in [0.15, 0.2) is 0 Å². The molecule has 0 aliphatic carbocycles. The summed E-state index contributed by atoms with van der Waals surface area (Å²) in [5.41, 5.74) is 4.93. The van der Waals surface area contributed by atoms with E-state index < -0.39 is 0 Å². The highest BCUT2D eigenvalue weighted by Gasteiger charge is 2.08. The molecule has 0 aliphatic rings. The molecule has 3 rings (SSSR count). The average Bonchev–Trinajstić information content (AvgIpc) is 2.79. The second-order valence-electron chi connectivity index (χ2n) is 4.94. The number of nitrogens with zero attached hydrogens (tertiary/aromatic N) is 2. The average molecular weight is 250 g/mol. The van der Waals surface area contributed by atoms with Crippen LogP contribution in [0.5, 0.6) is 0 Å². The number of rotatable bonds is 3. The van der Waals surface area contributed by atoms with Crippen LogP contribution in [0.3, 0.4) is 0 Å². The van der Waals surface area contributed by atoms with Gasteiger partial charge in [0.25, 0.3) is 0 Å². The molecule has 0 radical (unpaired) electrons. The Kier molecular flexibility index (Phi) is 3.08. The van der Waals surface area contributed by atoms with Crippen LogP contribution in [0.15, 0.2) is 48.5 Å². The second kappa shape index (κ2) is 4.88. The van der Waals surface area contributed by atoms with Gasteiger partial charge in [-0.2, -0.15) is 0 Å². The Morgan fingerprint density at radius 3 is 2.47 bits per heavy atom. The summed E-state index contributed by atoms with van der Waals surface area (Å²) >= 11 is 0. The van der Waals surface area contributed by atoms with E-state index in [1.807, 2.05) is 6.07 Å². The van der Waals surface area contributed by atoms with E-state index in [2.05, 4.69) is 60.9 Å². The summed E-state index contributed by atoms with van der Waals surface area (Å²) in [5, 5.41) is 0. The Morgan fingerprint density at radius 2 is 1.74 bits per heavy atom. The van der Waals surface area contributed by atoms with E-state index in [4.69, 9.17) is 4.98 Å². The van der Waals surface area contributed by atoms with E-state index in [9.17, 15) is 0 Å². The zero-order chi connectivity index (χ0) is 13.2. The van der Waals surface area contributed by atoms with Crippen molar-refractivity contribution >= 4 is 11.0 Å². The van der Waals surface area contributed by atoms with E-state index >= 15 is 0 Å². The minimum atomic E-state index is 0.893. The molecule has 19 heavy (non-hydrogen) atoms. The van der Waals surface area contributed by atoms with E-state index in [1.165, 1.54) is 16.6 Å². The molecule has 1 aromatic heterocycles. The lowest BCUT2D eigenvalue weighted by Gasteiger charge is -2.08. The van der Waals surface area contributed by atoms with Gasteiger partial charge in [-0.1, -0.05) is 48.9 Å². The molecule has 2 heteroatoms. The summed E-state index contributed by atoms with van der Waals surface area (Å²) in [6.07, 6.45) is 0.959. The molecular weight excluding hydrogens is 232 g/mol. The number of hydrogen-bond donors (Lipinski definition) is 0. The van der Waals surface area contributed by atoms with Gasteiger partial charge in [-0.3, -0.25) is 0 Å². The first kappa shape index (κ1) is 12.0. The van der Waals surface area contributed by atoms with Crippen LogP contribution >= 0.6 is 0 Å². The van der Waals surface area contributed by atoms with Gasteiger partial charge in [0.2, 0.25) is 0 Å². The van der Waals surface area contributed by atoms with Crippen molar-refractivity contribution in [3.63, 3.8) is 0 Å². The fourth-order valence-electron chi connectivity index (χ4n) is 2.45. The molecule has 96 valence electrons. The molecule has 0 atom stereocenters. The standard InChI is InChI=1S/C17H18N2/c1-3-17-18-15-6-4-5-7-16(15)19(17)12-14-10-8-13(2)9-11-14/h4-11H,3,12H2,1-2H3. The molecule has 1 heterocycles. The Bertz CT molecular complexity index is 693. The minimum absolute atomic E-state index is 0.893. The molecule has 0 spiro atoms. The van der Waals surface area contributed by atoms with Crippen LogP contribution in [0.1, 0.15) is 23.9 Å². The Balaban J connectivity index is 2.06. The van der Waals surface area contributed by atoms with Gasteiger partial charge >= 0.3 is 0 Å². The summed E-state index contributed by atoms with van der Waals surface area (Å²) < 4.78 is 2.32. The Morgan fingerprint density at radius 1 is 1.00 bits per heavy atom. The van der Waals surface area contributed by atoms with Crippen LogP contribution < -0.4 is 0 Å². The van der Waals surface area contributed by atoms with E-state index in [-0.39, 0.29) is 0 Å². The number of aromatic nitrogens is 2. The topological polar surface area (TPSA) is 17.8 Å². The van der Waals surface area contributed by atoms with Crippen molar-refractivity contribution in [1.29, 1.82) is 0 Å². The summed E-state index contributed by atoms with van der Waals surface area (Å²) in [7, 11) is 0. The molecule has 0 aliphatic heterocycles. The lowest BCUT2D eigenvalue weighted by molar-refractivity contribution is 0.753. The van der Waals surface area contributed by atoms with Crippen LogP contribution in [0, 0.1) is 6.92 Å². The molecule has 0 N–H and O–H groups in total. The third-order valence-corrected chi connectivity index (χ3v) is 3.51. The van der Waals surface area contributed by atoms with E-state index in [1.54, 1.807) is 0 Å². The van der Waals surface area contributed by atoms with Gasteiger partial charge in [-0.25, -0.2) is 4.98 Å². The highest BCUT2D eigenvalue weighted by molar-refractivity contribution is 5.76. The molecular formula is C17H18N2. The summed E-state index contributed by atoms with van der Waals surface area (Å²) in [4.78, 5) is 4.71. The molecule has 3 aromatic rings. The van der Waals surface area contributed by atoms with E-state index in [0.29, 0.717) is 0 Å². The highest BCUT2D eigenvalue weighted by atomic mass is 15.1. The lowest BCUT2D eigenvalue weighted by atomic mass is 10.1. The highest BCUT2D eigenvalue weighted by Crippen LogP contribution is 2.18. The monoisotopic (exact) mass is 250 g/mol. The fourth-order valence-corrected chi connectivity index (χ4v) is 2.45. The van der Waals surface area contributed by atoms with Crippen molar-refractivity contribution in [3.8, 4) is 0 Å². The maximum atomic E-state index is 4.71. The second-order valence-corrected chi connectivity index (χ2v) is 4.94. The largest absolute Gasteiger partial charge is 0.323 e. The number of hydrogen-bond acceptors (Lipinski definition) is 1. The van der Waals surface area contributed by atoms with Gasteiger partial charge in [0.05, 0.1) is 11.0 Å². The third-order valence-electron chi connectivity index (χ3n) is 3.51.